The van der Waals surface area contributed by atoms with Gasteiger partial charge >= 0.3 is 5.97 Å². The highest BCUT2D eigenvalue weighted by Crippen LogP contribution is 2.39. The third kappa shape index (κ3) is 2.69. The number of fused-ring (bicyclic) bond motifs is 2. The summed E-state index contributed by atoms with van der Waals surface area (Å²) in [7, 11) is 0. The van der Waals surface area contributed by atoms with Crippen molar-refractivity contribution in [3.8, 4) is 0 Å². The molecule has 0 saturated carbocycles. The standard InChI is InChI=1S/C14H17N3O4/c18-13(16-4-1-6-17-7-5-15-8-17)11-9-2-3-10(21-9)12(11)14(19)20/h2-3,5,7-12H,1,4,6H2,(H,16,18)(H,19,20)/t9-,10-,11-,12-/m1/s1. The number of amides is 1. The molecule has 7 heteroatoms. The van der Waals surface area contributed by atoms with Crippen LogP contribution in [-0.2, 0) is 20.9 Å². The molecule has 2 aliphatic rings. The van der Waals surface area contributed by atoms with Crippen LogP contribution in [0.5, 0.6) is 0 Å². The Morgan fingerprint density at radius 3 is 2.71 bits per heavy atom. The second kappa shape index (κ2) is 5.69. The molecule has 7 nitrogen and oxygen atoms in total. The van der Waals surface area contributed by atoms with E-state index in [0.29, 0.717) is 6.54 Å². The van der Waals surface area contributed by atoms with Crippen LogP contribution in [0.3, 0.4) is 0 Å². The van der Waals surface area contributed by atoms with Gasteiger partial charge in [-0.3, -0.25) is 9.59 Å². The van der Waals surface area contributed by atoms with Crippen LogP contribution in [0.4, 0.5) is 0 Å². The fourth-order valence-corrected chi connectivity index (χ4v) is 2.93. The number of aliphatic carboxylic acids is 1. The molecule has 4 atom stereocenters. The van der Waals surface area contributed by atoms with Crippen molar-refractivity contribution in [2.45, 2.75) is 25.2 Å². The fourth-order valence-electron chi connectivity index (χ4n) is 2.93. The first-order chi connectivity index (χ1) is 10.2. The number of nitrogens with zero attached hydrogens (tertiary/aromatic N) is 2. The number of aryl methyl sites for hydroxylation is 1. The lowest BCUT2D eigenvalue weighted by Gasteiger charge is -2.20. The largest absolute Gasteiger partial charge is 0.481 e. The van der Waals surface area contributed by atoms with E-state index in [1.54, 1.807) is 24.7 Å². The maximum absolute atomic E-state index is 12.2. The van der Waals surface area contributed by atoms with Gasteiger partial charge in [-0.15, -0.1) is 0 Å². The number of ether oxygens (including phenoxy) is 1. The maximum Gasteiger partial charge on any atom is 0.310 e. The van der Waals surface area contributed by atoms with E-state index in [1.807, 2.05) is 10.8 Å². The number of imidazole rings is 1. The summed E-state index contributed by atoms with van der Waals surface area (Å²) in [6.45, 7) is 1.26. The number of nitrogens with one attached hydrogen (secondary N) is 1. The second-order valence-corrected chi connectivity index (χ2v) is 5.29. The minimum atomic E-state index is -0.981. The lowest BCUT2D eigenvalue weighted by Crippen LogP contribution is -2.42. The Kier molecular flexibility index (Phi) is 3.74. The number of rotatable bonds is 6. The lowest BCUT2D eigenvalue weighted by atomic mass is 9.82. The minimum Gasteiger partial charge on any atom is -0.481 e. The molecule has 21 heavy (non-hydrogen) atoms. The van der Waals surface area contributed by atoms with Gasteiger partial charge in [0.05, 0.1) is 24.5 Å². The zero-order valence-electron chi connectivity index (χ0n) is 11.4. The van der Waals surface area contributed by atoms with E-state index in [1.165, 1.54) is 0 Å². The quantitative estimate of drug-likeness (QED) is 0.570. The van der Waals surface area contributed by atoms with Crippen molar-refractivity contribution in [3.63, 3.8) is 0 Å². The van der Waals surface area contributed by atoms with Crippen molar-refractivity contribution >= 4 is 11.9 Å². The first kappa shape index (κ1) is 13.8. The summed E-state index contributed by atoms with van der Waals surface area (Å²) in [5.41, 5.74) is 0. The lowest BCUT2D eigenvalue weighted by molar-refractivity contribution is -0.146. The topological polar surface area (TPSA) is 93.4 Å². The van der Waals surface area contributed by atoms with Gasteiger partial charge in [0.2, 0.25) is 5.91 Å². The molecule has 1 amide bonds. The van der Waals surface area contributed by atoms with Crippen molar-refractivity contribution in [1.82, 2.24) is 14.9 Å². The van der Waals surface area contributed by atoms with E-state index in [0.717, 1.165) is 13.0 Å². The zero-order valence-corrected chi connectivity index (χ0v) is 11.4. The number of carbonyl (C=O) groups is 2. The van der Waals surface area contributed by atoms with Crippen LogP contribution in [0, 0.1) is 11.8 Å². The van der Waals surface area contributed by atoms with E-state index in [-0.39, 0.29) is 5.91 Å². The Morgan fingerprint density at radius 2 is 2.05 bits per heavy atom. The van der Waals surface area contributed by atoms with Gasteiger partial charge in [-0.1, -0.05) is 12.2 Å². The number of carboxylic acid groups (broad SMARTS) is 1. The second-order valence-electron chi connectivity index (χ2n) is 5.29. The molecule has 3 heterocycles. The monoisotopic (exact) mass is 291 g/mol. The molecule has 2 aliphatic heterocycles. The summed E-state index contributed by atoms with van der Waals surface area (Å²) in [5, 5.41) is 12.1. The average Bonchev–Trinajstić information content (AvgIpc) is 3.18. The smallest absolute Gasteiger partial charge is 0.310 e. The summed E-state index contributed by atoms with van der Waals surface area (Å²) in [5.74, 6) is -2.64. The number of carboxylic acids is 1. The first-order valence-corrected chi connectivity index (χ1v) is 6.97. The highest BCUT2D eigenvalue weighted by Gasteiger charge is 2.53. The van der Waals surface area contributed by atoms with Crippen molar-refractivity contribution < 1.29 is 19.4 Å². The summed E-state index contributed by atoms with van der Waals surface area (Å²) in [6, 6.07) is 0. The predicted octanol–water partition coefficient (Wildman–Crippen LogP) is 0.0436. The maximum atomic E-state index is 12.2. The van der Waals surface area contributed by atoms with E-state index < -0.39 is 30.0 Å². The third-order valence-corrected chi connectivity index (χ3v) is 3.94. The Morgan fingerprint density at radius 1 is 1.29 bits per heavy atom. The van der Waals surface area contributed by atoms with Crippen molar-refractivity contribution in [1.29, 1.82) is 0 Å². The minimum absolute atomic E-state index is 0.245. The summed E-state index contributed by atoms with van der Waals surface area (Å²) >= 11 is 0. The van der Waals surface area contributed by atoms with Gasteiger partial charge in [0.25, 0.3) is 0 Å². The predicted molar refractivity (Wildman–Crippen MR) is 72.3 cm³/mol. The molecule has 2 N–H and O–H groups in total. The molecule has 112 valence electrons. The molecular weight excluding hydrogens is 274 g/mol. The molecule has 3 rings (SSSR count). The van der Waals surface area contributed by atoms with Crippen LogP contribution in [0.15, 0.2) is 30.9 Å². The first-order valence-electron chi connectivity index (χ1n) is 6.97. The summed E-state index contributed by atoms with van der Waals surface area (Å²) < 4.78 is 7.41. The van der Waals surface area contributed by atoms with Gasteiger partial charge in [0.15, 0.2) is 0 Å². The SMILES string of the molecule is O=C(O)[C@H]1[C@H](C(=O)NCCCn2ccnc2)[C@H]2C=C[C@H]1O2. The molecule has 0 spiro atoms. The number of aromatic nitrogens is 2. The zero-order chi connectivity index (χ0) is 14.8. The van der Waals surface area contributed by atoms with Crippen LogP contribution in [0.25, 0.3) is 0 Å². The van der Waals surface area contributed by atoms with Crippen LogP contribution in [-0.4, -0.2) is 45.3 Å². The van der Waals surface area contributed by atoms with Crippen LogP contribution < -0.4 is 5.32 Å². The Hall–Kier alpha value is -2.15. The van der Waals surface area contributed by atoms with Crippen molar-refractivity contribution in [2.24, 2.45) is 11.8 Å². The fraction of sp³-hybridized carbons (Fsp3) is 0.500. The van der Waals surface area contributed by atoms with E-state index in [2.05, 4.69) is 10.3 Å². The molecule has 1 aromatic heterocycles. The van der Waals surface area contributed by atoms with Crippen LogP contribution >= 0.6 is 0 Å². The highest BCUT2D eigenvalue weighted by atomic mass is 16.5. The Balaban J connectivity index is 1.51. The Bertz CT molecular complexity index is 555. The molecule has 1 aromatic rings. The summed E-state index contributed by atoms with van der Waals surface area (Å²) in [6.07, 6.45) is 8.66. The molecule has 0 unspecified atom stereocenters. The van der Waals surface area contributed by atoms with Gasteiger partial charge in [-0.2, -0.15) is 0 Å². The summed E-state index contributed by atoms with van der Waals surface area (Å²) in [4.78, 5) is 27.4. The normalized spacial score (nSPS) is 29.7. The Labute approximate surface area is 121 Å². The van der Waals surface area contributed by atoms with Crippen molar-refractivity contribution in [2.75, 3.05) is 6.54 Å². The van der Waals surface area contributed by atoms with Gasteiger partial charge < -0.3 is 19.7 Å². The molecule has 1 saturated heterocycles. The average molecular weight is 291 g/mol. The molecule has 0 radical (unpaired) electrons. The molecule has 2 bridgehead atoms. The van der Waals surface area contributed by atoms with Gasteiger partial charge in [0.1, 0.15) is 5.92 Å². The number of hydrogen-bond acceptors (Lipinski definition) is 4. The van der Waals surface area contributed by atoms with E-state index in [4.69, 9.17) is 4.74 Å². The third-order valence-electron chi connectivity index (χ3n) is 3.94. The molecule has 0 aromatic carbocycles. The van der Waals surface area contributed by atoms with Crippen molar-refractivity contribution in [3.05, 3.63) is 30.9 Å². The number of hydrogen-bond donors (Lipinski definition) is 2. The van der Waals surface area contributed by atoms with E-state index >= 15 is 0 Å². The highest BCUT2D eigenvalue weighted by molar-refractivity contribution is 5.87. The van der Waals surface area contributed by atoms with E-state index in [9.17, 15) is 14.7 Å². The molecule has 1 fully saturated rings. The van der Waals surface area contributed by atoms with Crippen LogP contribution in [0.2, 0.25) is 0 Å². The van der Waals surface area contributed by atoms with Gasteiger partial charge in [0, 0.05) is 25.5 Å². The molecule has 0 aliphatic carbocycles. The van der Waals surface area contributed by atoms with Gasteiger partial charge in [-0.05, 0) is 6.42 Å². The van der Waals surface area contributed by atoms with Crippen LogP contribution in [0.1, 0.15) is 6.42 Å². The van der Waals surface area contributed by atoms with Gasteiger partial charge in [-0.25, -0.2) is 4.98 Å². The molecular formula is C14H17N3O4. The number of carbonyl (C=O) groups excluding carboxylic acids is 1.